The molecule has 2 heterocycles. The van der Waals surface area contributed by atoms with Gasteiger partial charge in [0, 0.05) is 35.3 Å². The van der Waals surface area contributed by atoms with Gasteiger partial charge in [-0.25, -0.2) is 9.37 Å². The van der Waals surface area contributed by atoms with Crippen LogP contribution in [0.15, 0.2) is 42.6 Å². The van der Waals surface area contributed by atoms with Gasteiger partial charge in [0.25, 0.3) is 0 Å². The molecule has 2 aromatic carbocycles. The maximum absolute atomic E-state index is 13.6. The van der Waals surface area contributed by atoms with E-state index in [0.29, 0.717) is 34.4 Å². The Labute approximate surface area is 155 Å². The third-order valence-electron chi connectivity index (χ3n) is 4.78. The summed E-state index contributed by atoms with van der Waals surface area (Å²) in [6.07, 6.45) is 2.69. The molecule has 0 aliphatic heterocycles. The number of para-hydroxylation sites is 1. The van der Waals surface area contributed by atoms with E-state index in [9.17, 15) is 9.50 Å². The molecule has 4 rings (SSSR count). The van der Waals surface area contributed by atoms with Crippen LogP contribution in [0.3, 0.4) is 0 Å². The monoisotopic (exact) mass is 365 g/mol. The van der Waals surface area contributed by atoms with Gasteiger partial charge in [0.05, 0.1) is 29.2 Å². The third-order valence-corrected chi connectivity index (χ3v) is 4.78. The lowest BCUT2D eigenvalue weighted by Gasteiger charge is -2.12. The lowest BCUT2D eigenvalue weighted by molar-refractivity contribution is 0.413. The second-order valence-electron chi connectivity index (χ2n) is 6.48. The summed E-state index contributed by atoms with van der Waals surface area (Å²) in [5.74, 6) is 0.185. The van der Waals surface area contributed by atoms with E-state index in [0.717, 1.165) is 22.9 Å². The van der Waals surface area contributed by atoms with E-state index < -0.39 is 0 Å². The number of aryl methyl sites for hydroxylation is 1. The van der Waals surface area contributed by atoms with Crippen molar-refractivity contribution in [2.45, 2.75) is 19.9 Å². The molecule has 138 valence electrons. The number of aromatic hydroxyl groups is 1. The number of ether oxygens (including phenoxy) is 1. The lowest BCUT2D eigenvalue weighted by atomic mass is 9.99. The van der Waals surface area contributed by atoms with Crippen LogP contribution >= 0.6 is 0 Å². The van der Waals surface area contributed by atoms with E-state index in [2.05, 4.69) is 0 Å². The largest absolute Gasteiger partial charge is 0.496 e. The van der Waals surface area contributed by atoms with Gasteiger partial charge in [-0.15, -0.1) is 0 Å². The van der Waals surface area contributed by atoms with Crippen molar-refractivity contribution in [1.82, 2.24) is 9.55 Å². The number of nitrogens with two attached hydrogens (primary N) is 1. The fourth-order valence-electron chi connectivity index (χ4n) is 3.53. The van der Waals surface area contributed by atoms with Crippen molar-refractivity contribution in [2.24, 2.45) is 0 Å². The zero-order chi connectivity index (χ0) is 19.1. The average molecular weight is 365 g/mol. The number of pyridine rings is 1. The highest BCUT2D eigenvalue weighted by atomic mass is 19.1. The van der Waals surface area contributed by atoms with Crippen molar-refractivity contribution in [1.29, 1.82) is 0 Å². The van der Waals surface area contributed by atoms with Gasteiger partial charge in [0.1, 0.15) is 11.6 Å². The molecular formula is C21H20FN3O2. The number of methoxy groups -OCH3 is 1. The molecule has 5 nitrogen and oxygen atoms in total. The highest BCUT2D eigenvalue weighted by molar-refractivity contribution is 6.12. The van der Waals surface area contributed by atoms with Gasteiger partial charge in [-0.3, -0.25) is 0 Å². The fourth-order valence-corrected chi connectivity index (χ4v) is 3.53. The molecule has 0 unspecified atom stereocenters. The highest BCUT2D eigenvalue weighted by Gasteiger charge is 2.18. The average Bonchev–Trinajstić information content (AvgIpc) is 2.98. The van der Waals surface area contributed by atoms with E-state index in [-0.39, 0.29) is 11.7 Å². The Morgan fingerprint density at radius 3 is 2.78 bits per heavy atom. The number of nitrogen functional groups attached to an aromatic ring is 1. The summed E-state index contributed by atoms with van der Waals surface area (Å²) in [6, 6.07) is 10.0. The molecule has 4 aromatic rings. The quantitative estimate of drug-likeness (QED) is 0.550. The predicted molar refractivity (Wildman–Crippen MR) is 106 cm³/mol. The number of fused-ring (bicyclic) bond motifs is 2. The molecule has 2 aromatic heterocycles. The zero-order valence-electron chi connectivity index (χ0n) is 15.2. The molecule has 0 aliphatic rings. The first kappa shape index (κ1) is 17.1. The Balaban J connectivity index is 2.06. The van der Waals surface area contributed by atoms with Crippen LogP contribution in [-0.4, -0.2) is 21.8 Å². The van der Waals surface area contributed by atoms with Crippen molar-refractivity contribution in [2.75, 3.05) is 12.8 Å². The maximum Gasteiger partial charge on any atom is 0.202 e. The second-order valence-corrected chi connectivity index (χ2v) is 6.48. The zero-order valence-corrected chi connectivity index (χ0v) is 15.2. The van der Waals surface area contributed by atoms with Gasteiger partial charge >= 0.3 is 0 Å². The van der Waals surface area contributed by atoms with Gasteiger partial charge in [-0.05, 0) is 18.6 Å². The normalized spacial score (nSPS) is 11.4. The summed E-state index contributed by atoms with van der Waals surface area (Å²) in [5, 5.41) is 11.8. The van der Waals surface area contributed by atoms with Crippen LogP contribution in [0.4, 0.5) is 10.1 Å². The lowest BCUT2D eigenvalue weighted by Crippen LogP contribution is -1.95. The van der Waals surface area contributed by atoms with Crippen molar-refractivity contribution >= 4 is 27.5 Å². The van der Waals surface area contributed by atoms with Crippen LogP contribution < -0.4 is 10.5 Å². The first-order valence-electron chi connectivity index (χ1n) is 8.79. The van der Waals surface area contributed by atoms with E-state index in [1.165, 1.54) is 19.2 Å². The summed E-state index contributed by atoms with van der Waals surface area (Å²) >= 11 is 0. The summed E-state index contributed by atoms with van der Waals surface area (Å²) in [6.45, 7) is 2.72. The van der Waals surface area contributed by atoms with Gasteiger partial charge in [-0.2, -0.15) is 0 Å². The predicted octanol–water partition coefficient (Wildman–Crippen LogP) is 4.70. The Bertz CT molecular complexity index is 1170. The SMILES string of the molecule is CCCn1cc2nc3c(-c4ccc(F)cc4OC)cccc3c(N)c2c1O. The molecule has 27 heavy (non-hydrogen) atoms. The number of hydrogen-bond acceptors (Lipinski definition) is 4. The standard InChI is InChI=1S/C21H20FN3O2/c1-3-9-25-11-16-18(21(25)26)19(23)15-6-4-5-14(20(15)24-16)13-8-7-12(22)10-17(13)27-2/h4-8,10-11,26H,3,9,23H2,1-2H3. The molecule has 0 amide bonds. The number of anilines is 1. The molecule has 0 saturated heterocycles. The number of halogens is 1. The smallest absolute Gasteiger partial charge is 0.202 e. The van der Waals surface area contributed by atoms with E-state index in [1.807, 2.05) is 31.3 Å². The van der Waals surface area contributed by atoms with Crippen LogP contribution in [0.2, 0.25) is 0 Å². The van der Waals surface area contributed by atoms with E-state index in [4.69, 9.17) is 15.5 Å². The molecular weight excluding hydrogens is 345 g/mol. The summed E-state index contributed by atoms with van der Waals surface area (Å²) in [4.78, 5) is 4.77. The number of hydrogen-bond donors (Lipinski definition) is 2. The Morgan fingerprint density at radius 1 is 1.22 bits per heavy atom. The van der Waals surface area contributed by atoms with Crippen molar-refractivity contribution in [3.8, 4) is 22.8 Å². The van der Waals surface area contributed by atoms with E-state index in [1.54, 1.807) is 10.6 Å². The Hall–Kier alpha value is -3.28. The van der Waals surface area contributed by atoms with Crippen LogP contribution in [-0.2, 0) is 6.54 Å². The fraction of sp³-hybridized carbons (Fsp3) is 0.190. The van der Waals surface area contributed by atoms with Crippen molar-refractivity contribution < 1.29 is 14.2 Å². The van der Waals surface area contributed by atoms with Crippen molar-refractivity contribution in [3.05, 3.63) is 48.4 Å². The van der Waals surface area contributed by atoms with Gasteiger partial charge < -0.3 is 20.1 Å². The minimum atomic E-state index is -0.368. The number of nitrogens with zero attached hydrogens (tertiary/aromatic N) is 2. The van der Waals surface area contributed by atoms with Crippen LogP contribution in [0.25, 0.3) is 32.9 Å². The molecule has 3 N–H and O–H groups in total. The number of benzene rings is 2. The minimum absolute atomic E-state index is 0.128. The first-order valence-corrected chi connectivity index (χ1v) is 8.79. The third kappa shape index (κ3) is 2.65. The molecule has 0 spiro atoms. The number of aromatic nitrogens is 2. The van der Waals surface area contributed by atoms with Crippen LogP contribution in [0, 0.1) is 5.82 Å². The summed E-state index contributed by atoms with van der Waals surface area (Å²) in [5.41, 5.74) is 9.71. The maximum atomic E-state index is 13.6. The van der Waals surface area contributed by atoms with Gasteiger partial charge in [-0.1, -0.05) is 25.1 Å². The highest BCUT2D eigenvalue weighted by Crippen LogP contribution is 2.40. The molecule has 0 aliphatic carbocycles. The Kier molecular flexibility index (Phi) is 4.11. The Morgan fingerprint density at radius 2 is 2.04 bits per heavy atom. The van der Waals surface area contributed by atoms with Crippen LogP contribution in [0.1, 0.15) is 13.3 Å². The second kappa shape index (κ2) is 6.46. The number of rotatable bonds is 4. The van der Waals surface area contributed by atoms with Crippen LogP contribution in [0.5, 0.6) is 11.6 Å². The van der Waals surface area contributed by atoms with Gasteiger partial charge in [0.15, 0.2) is 0 Å². The summed E-state index contributed by atoms with van der Waals surface area (Å²) < 4.78 is 20.7. The first-order chi connectivity index (χ1) is 13.0. The molecule has 0 atom stereocenters. The molecule has 0 bridgehead atoms. The molecule has 0 saturated carbocycles. The van der Waals surface area contributed by atoms with E-state index >= 15 is 0 Å². The summed E-state index contributed by atoms with van der Waals surface area (Å²) in [7, 11) is 1.51. The molecule has 0 radical (unpaired) electrons. The van der Waals surface area contributed by atoms with Crippen molar-refractivity contribution in [3.63, 3.8) is 0 Å². The molecule has 6 heteroatoms. The topological polar surface area (TPSA) is 73.3 Å². The minimum Gasteiger partial charge on any atom is -0.496 e. The molecule has 0 fully saturated rings. The van der Waals surface area contributed by atoms with Gasteiger partial charge in [0.2, 0.25) is 5.88 Å².